The van der Waals surface area contributed by atoms with Gasteiger partial charge in [0.1, 0.15) is 6.61 Å². The van der Waals surface area contributed by atoms with E-state index in [0.29, 0.717) is 12.4 Å². The molecule has 0 spiro atoms. The predicted molar refractivity (Wildman–Crippen MR) is 84.0 cm³/mol. The van der Waals surface area contributed by atoms with Crippen LogP contribution in [-0.4, -0.2) is 6.54 Å². The van der Waals surface area contributed by atoms with Gasteiger partial charge >= 0.3 is 0 Å². The second-order valence-electron chi connectivity index (χ2n) is 5.25. The van der Waals surface area contributed by atoms with Gasteiger partial charge in [-0.25, -0.2) is 4.39 Å². The molecular weight excluding hydrogens is 265 g/mol. The zero-order chi connectivity index (χ0) is 15.2. The maximum atomic E-state index is 14.1. The van der Waals surface area contributed by atoms with E-state index in [9.17, 15) is 4.39 Å². The Hall–Kier alpha value is -1.87. The SMILES string of the molecule is CCNC(C)c1ccc(OCc2cccc(C)c2)c(F)c1. The molecule has 0 aliphatic heterocycles. The lowest BCUT2D eigenvalue weighted by atomic mass is 10.1. The molecule has 0 fully saturated rings. The van der Waals surface area contributed by atoms with Gasteiger partial charge in [-0.05, 0) is 43.7 Å². The normalized spacial score (nSPS) is 12.2. The number of nitrogens with one attached hydrogen (secondary N) is 1. The van der Waals surface area contributed by atoms with E-state index in [1.54, 1.807) is 12.1 Å². The Morgan fingerprint density at radius 2 is 2.00 bits per heavy atom. The molecule has 0 saturated carbocycles. The maximum Gasteiger partial charge on any atom is 0.165 e. The topological polar surface area (TPSA) is 21.3 Å². The Bertz CT molecular complexity index is 598. The highest BCUT2D eigenvalue weighted by Gasteiger charge is 2.09. The van der Waals surface area contributed by atoms with E-state index in [1.165, 1.54) is 5.56 Å². The van der Waals surface area contributed by atoms with E-state index in [-0.39, 0.29) is 11.9 Å². The molecule has 2 aromatic carbocycles. The van der Waals surface area contributed by atoms with Crippen LogP contribution >= 0.6 is 0 Å². The van der Waals surface area contributed by atoms with Crippen molar-refractivity contribution in [1.29, 1.82) is 0 Å². The standard InChI is InChI=1S/C18H22FNO/c1-4-20-14(3)16-8-9-18(17(19)11-16)21-12-15-7-5-6-13(2)10-15/h5-11,14,20H,4,12H2,1-3H3. The summed E-state index contributed by atoms with van der Waals surface area (Å²) in [6, 6.07) is 13.3. The number of rotatable bonds is 6. The monoisotopic (exact) mass is 287 g/mol. The third-order valence-electron chi connectivity index (χ3n) is 3.44. The van der Waals surface area contributed by atoms with Crippen molar-refractivity contribution >= 4 is 0 Å². The van der Waals surface area contributed by atoms with Crippen LogP contribution in [0.3, 0.4) is 0 Å². The lowest BCUT2D eigenvalue weighted by Crippen LogP contribution is -2.17. The van der Waals surface area contributed by atoms with E-state index < -0.39 is 0 Å². The molecule has 0 aliphatic rings. The minimum atomic E-state index is -0.315. The molecule has 112 valence electrons. The van der Waals surface area contributed by atoms with Crippen LogP contribution in [0.4, 0.5) is 4.39 Å². The fourth-order valence-electron chi connectivity index (χ4n) is 2.29. The summed E-state index contributed by atoms with van der Waals surface area (Å²) >= 11 is 0. The lowest BCUT2D eigenvalue weighted by molar-refractivity contribution is 0.290. The van der Waals surface area contributed by atoms with Crippen molar-refractivity contribution in [2.45, 2.75) is 33.4 Å². The average molecular weight is 287 g/mol. The molecule has 2 aromatic rings. The Morgan fingerprint density at radius 3 is 2.67 bits per heavy atom. The van der Waals surface area contributed by atoms with Gasteiger partial charge in [-0.15, -0.1) is 0 Å². The molecule has 3 heteroatoms. The van der Waals surface area contributed by atoms with Gasteiger partial charge in [-0.2, -0.15) is 0 Å². The minimum absolute atomic E-state index is 0.135. The molecular formula is C18H22FNO. The average Bonchev–Trinajstić information content (AvgIpc) is 2.46. The highest BCUT2D eigenvalue weighted by Crippen LogP contribution is 2.23. The maximum absolute atomic E-state index is 14.1. The van der Waals surface area contributed by atoms with Gasteiger partial charge in [0, 0.05) is 6.04 Å². The second kappa shape index (κ2) is 7.23. The quantitative estimate of drug-likeness (QED) is 0.851. The highest BCUT2D eigenvalue weighted by molar-refractivity contribution is 5.31. The van der Waals surface area contributed by atoms with Crippen LogP contribution in [0.5, 0.6) is 5.75 Å². The number of hydrogen-bond acceptors (Lipinski definition) is 2. The van der Waals surface area contributed by atoms with E-state index in [1.807, 2.05) is 51.1 Å². The van der Waals surface area contributed by atoms with Crippen LogP contribution in [0.1, 0.15) is 36.6 Å². The van der Waals surface area contributed by atoms with E-state index in [0.717, 1.165) is 17.7 Å². The van der Waals surface area contributed by atoms with Crippen molar-refractivity contribution in [2.75, 3.05) is 6.54 Å². The van der Waals surface area contributed by atoms with Gasteiger partial charge in [-0.3, -0.25) is 0 Å². The lowest BCUT2D eigenvalue weighted by Gasteiger charge is -2.14. The molecule has 0 aliphatic carbocycles. The molecule has 0 saturated heterocycles. The van der Waals surface area contributed by atoms with Crippen molar-refractivity contribution in [3.05, 3.63) is 65.0 Å². The first-order chi connectivity index (χ1) is 10.1. The van der Waals surface area contributed by atoms with Crippen molar-refractivity contribution in [1.82, 2.24) is 5.32 Å². The molecule has 0 heterocycles. The summed E-state index contributed by atoms with van der Waals surface area (Å²) in [5, 5.41) is 3.27. The molecule has 0 bridgehead atoms. The Morgan fingerprint density at radius 1 is 1.19 bits per heavy atom. The predicted octanol–water partition coefficient (Wildman–Crippen LogP) is 4.38. The second-order valence-corrected chi connectivity index (χ2v) is 5.25. The van der Waals surface area contributed by atoms with Crippen molar-refractivity contribution in [3.8, 4) is 5.75 Å². The van der Waals surface area contributed by atoms with Crippen molar-refractivity contribution < 1.29 is 9.13 Å². The first-order valence-corrected chi connectivity index (χ1v) is 7.31. The summed E-state index contributed by atoms with van der Waals surface area (Å²) < 4.78 is 19.7. The molecule has 1 unspecified atom stereocenters. The van der Waals surface area contributed by atoms with Gasteiger partial charge in [0.15, 0.2) is 11.6 Å². The number of benzene rings is 2. The zero-order valence-corrected chi connectivity index (χ0v) is 12.8. The molecule has 2 rings (SSSR count). The summed E-state index contributed by atoms with van der Waals surface area (Å²) in [6.45, 7) is 7.31. The summed E-state index contributed by atoms with van der Waals surface area (Å²) in [7, 11) is 0. The third-order valence-corrected chi connectivity index (χ3v) is 3.44. The number of ether oxygens (including phenoxy) is 1. The van der Waals surface area contributed by atoms with E-state index >= 15 is 0 Å². The van der Waals surface area contributed by atoms with E-state index in [4.69, 9.17) is 4.74 Å². The smallest absolute Gasteiger partial charge is 0.165 e. The van der Waals surface area contributed by atoms with Crippen LogP contribution < -0.4 is 10.1 Å². The number of halogens is 1. The molecule has 21 heavy (non-hydrogen) atoms. The zero-order valence-electron chi connectivity index (χ0n) is 12.8. The van der Waals surface area contributed by atoms with Crippen LogP contribution in [0.2, 0.25) is 0 Å². The van der Waals surface area contributed by atoms with Gasteiger partial charge in [0.05, 0.1) is 0 Å². The Balaban J connectivity index is 2.04. The molecule has 0 radical (unpaired) electrons. The van der Waals surface area contributed by atoms with Crippen LogP contribution in [0.25, 0.3) is 0 Å². The molecule has 2 nitrogen and oxygen atoms in total. The first kappa shape index (κ1) is 15.5. The number of hydrogen-bond donors (Lipinski definition) is 1. The van der Waals surface area contributed by atoms with Gasteiger partial charge < -0.3 is 10.1 Å². The van der Waals surface area contributed by atoms with E-state index in [2.05, 4.69) is 5.32 Å². The summed E-state index contributed by atoms with van der Waals surface area (Å²) in [6.07, 6.45) is 0. The fraction of sp³-hybridized carbons (Fsp3) is 0.333. The summed E-state index contributed by atoms with van der Waals surface area (Å²) in [5.41, 5.74) is 3.14. The van der Waals surface area contributed by atoms with Crippen molar-refractivity contribution in [3.63, 3.8) is 0 Å². The molecule has 0 amide bonds. The van der Waals surface area contributed by atoms with Crippen molar-refractivity contribution in [2.24, 2.45) is 0 Å². The van der Waals surface area contributed by atoms with Crippen LogP contribution in [0, 0.1) is 12.7 Å². The minimum Gasteiger partial charge on any atom is -0.486 e. The molecule has 0 aromatic heterocycles. The first-order valence-electron chi connectivity index (χ1n) is 7.31. The van der Waals surface area contributed by atoms with Gasteiger partial charge in [0.2, 0.25) is 0 Å². The third kappa shape index (κ3) is 4.30. The Labute approximate surface area is 126 Å². The summed E-state index contributed by atoms with van der Waals surface area (Å²) in [4.78, 5) is 0. The molecule has 1 N–H and O–H groups in total. The van der Waals surface area contributed by atoms with Crippen LogP contribution in [0.15, 0.2) is 42.5 Å². The van der Waals surface area contributed by atoms with Crippen LogP contribution in [-0.2, 0) is 6.61 Å². The highest BCUT2D eigenvalue weighted by atomic mass is 19.1. The van der Waals surface area contributed by atoms with Gasteiger partial charge in [-0.1, -0.05) is 42.8 Å². The number of aryl methyl sites for hydroxylation is 1. The van der Waals surface area contributed by atoms with Gasteiger partial charge in [0.25, 0.3) is 0 Å². The Kier molecular flexibility index (Phi) is 5.34. The summed E-state index contributed by atoms with van der Waals surface area (Å²) in [5.74, 6) is -0.0196. The largest absolute Gasteiger partial charge is 0.486 e. The fourth-order valence-corrected chi connectivity index (χ4v) is 2.29. The molecule has 1 atom stereocenters.